The first-order chi connectivity index (χ1) is 15.3. The maximum absolute atomic E-state index is 13.1. The van der Waals surface area contributed by atoms with Crippen LogP contribution >= 0.6 is 0 Å². The van der Waals surface area contributed by atoms with Crippen molar-refractivity contribution < 1.29 is 32.0 Å². The molecule has 2 aliphatic heterocycles. The van der Waals surface area contributed by atoms with E-state index in [9.17, 15) is 22.8 Å². The lowest BCUT2D eigenvalue weighted by Crippen LogP contribution is -2.48. The SMILES string of the molecule is CCOC(=O)c1ccc(S(=O)(=O)N2CCC(C(=O)N3CC(=O)Nc4ccccc43)CC2)o1. The molecule has 1 aromatic carbocycles. The molecule has 1 fully saturated rings. The molecule has 2 aliphatic rings. The standard InChI is InChI=1S/C21H23N3O7S/c1-2-30-21(27)17-7-8-19(31-17)32(28,29)23-11-9-14(10-12-23)20(26)24-13-18(25)22-15-5-3-4-6-16(15)24/h3-8,14H,2,9-13H2,1H3,(H,22,25). The summed E-state index contributed by atoms with van der Waals surface area (Å²) in [6.07, 6.45) is 0.619. The van der Waals surface area contributed by atoms with Crippen LogP contribution in [0.25, 0.3) is 0 Å². The number of ether oxygens (including phenoxy) is 1. The van der Waals surface area contributed by atoms with E-state index in [1.807, 2.05) is 0 Å². The Morgan fingerprint density at radius 1 is 1.16 bits per heavy atom. The number of nitrogens with zero attached hydrogens (tertiary/aromatic N) is 2. The Morgan fingerprint density at radius 3 is 2.59 bits per heavy atom. The van der Waals surface area contributed by atoms with Crippen molar-refractivity contribution in [1.82, 2.24) is 4.31 Å². The number of nitrogens with one attached hydrogen (secondary N) is 1. The van der Waals surface area contributed by atoms with Crippen LogP contribution < -0.4 is 10.2 Å². The van der Waals surface area contributed by atoms with Crippen LogP contribution in [0.3, 0.4) is 0 Å². The smallest absolute Gasteiger partial charge is 0.374 e. The van der Waals surface area contributed by atoms with Crippen molar-refractivity contribution >= 4 is 39.2 Å². The molecule has 0 aliphatic carbocycles. The summed E-state index contributed by atoms with van der Waals surface area (Å²) in [5.41, 5.74) is 1.21. The third-order valence-electron chi connectivity index (χ3n) is 5.49. The van der Waals surface area contributed by atoms with Gasteiger partial charge < -0.3 is 19.4 Å². The molecule has 2 aromatic rings. The highest BCUT2D eigenvalue weighted by Crippen LogP contribution is 2.32. The third kappa shape index (κ3) is 4.13. The molecular formula is C21H23N3O7S. The number of sulfonamides is 1. The molecule has 4 rings (SSSR count). The average Bonchev–Trinajstić information content (AvgIpc) is 3.30. The topological polar surface area (TPSA) is 126 Å². The molecule has 0 unspecified atom stereocenters. The lowest BCUT2D eigenvalue weighted by molar-refractivity contribution is -0.125. The summed E-state index contributed by atoms with van der Waals surface area (Å²) >= 11 is 0. The van der Waals surface area contributed by atoms with Crippen LogP contribution in [-0.2, 0) is 24.3 Å². The number of furan rings is 1. The van der Waals surface area contributed by atoms with Crippen molar-refractivity contribution in [3.63, 3.8) is 0 Å². The van der Waals surface area contributed by atoms with Gasteiger partial charge in [-0.25, -0.2) is 13.2 Å². The first-order valence-corrected chi connectivity index (χ1v) is 11.7. The van der Waals surface area contributed by atoms with Crippen LogP contribution in [0.2, 0.25) is 0 Å². The predicted molar refractivity (Wildman–Crippen MR) is 114 cm³/mol. The number of para-hydroxylation sites is 2. The van der Waals surface area contributed by atoms with Gasteiger partial charge in [0.15, 0.2) is 0 Å². The fourth-order valence-corrected chi connectivity index (χ4v) is 5.27. The highest BCUT2D eigenvalue weighted by molar-refractivity contribution is 7.89. The van der Waals surface area contributed by atoms with E-state index in [-0.39, 0.29) is 48.9 Å². The van der Waals surface area contributed by atoms with Gasteiger partial charge in [-0.15, -0.1) is 0 Å². The van der Waals surface area contributed by atoms with E-state index >= 15 is 0 Å². The molecule has 0 spiro atoms. The molecule has 1 N–H and O–H groups in total. The molecule has 2 amide bonds. The molecule has 10 nitrogen and oxygen atoms in total. The molecule has 0 saturated carbocycles. The highest BCUT2D eigenvalue weighted by atomic mass is 32.2. The minimum absolute atomic E-state index is 0.0720. The average molecular weight is 461 g/mol. The number of benzene rings is 1. The second-order valence-corrected chi connectivity index (χ2v) is 9.38. The first kappa shape index (κ1) is 22.0. The summed E-state index contributed by atoms with van der Waals surface area (Å²) in [6.45, 7) is 1.95. The van der Waals surface area contributed by atoms with E-state index < -0.39 is 21.9 Å². The Hall–Kier alpha value is -3.18. The summed E-state index contributed by atoms with van der Waals surface area (Å²) in [5.74, 6) is -1.80. The number of hydrogen-bond acceptors (Lipinski definition) is 7. The lowest BCUT2D eigenvalue weighted by Gasteiger charge is -2.35. The van der Waals surface area contributed by atoms with E-state index in [0.29, 0.717) is 24.2 Å². The van der Waals surface area contributed by atoms with Crippen LogP contribution in [0.1, 0.15) is 30.3 Å². The minimum atomic E-state index is -3.95. The minimum Gasteiger partial charge on any atom is -0.460 e. The largest absolute Gasteiger partial charge is 0.460 e. The van der Waals surface area contributed by atoms with Crippen LogP contribution in [0, 0.1) is 5.92 Å². The maximum Gasteiger partial charge on any atom is 0.374 e. The Labute approximate surface area is 185 Å². The number of piperidine rings is 1. The molecule has 170 valence electrons. The number of carbonyl (C=O) groups is 3. The fourth-order valence-electron chi connectivity index (χ4n) is 3.89. The van der Waals surface area contributed by atoms with Crippen molar-refractivity contribution in [2.24, 2.45) is 5.92 Å². The zero-order valence-electron chi connectivity index (χ0n) is 17.4. The molecule has 11 heteroatoms. The molecule has 0 bridgehead atoms. The monoisotopic (exact) mass is 461 g/mol. The van der Waals surface area contributed by atoms with E-state index in [1.54, 1.807) is 31.2 Å². The van der Waals surface area contributed by atoms with Gasteiger partial charge in [-0.2, -0.15) is 4.31 Å². The Bertz CT molecular complexity index is 1150. The molecule has 1 saturated heterocycles. The molecule has 1 aromatic heterocycles. The normalized spacial score (nSPS) is 17.5. The molecule has 3 heterocycles. The van der Waals surface area contributed by atoms with E-state index in [1.165, 1.54) is 21.3 Å². The Balaban J connectivity index is 1.44. The fraction of sp³-hybridized carbons (Fsp3) is 0.381. The van der Waals surface area contributed by atoms with Crippen molar-refractivity contribution in [1.29, 1.82) is 0 Å². The van der Waals surface area contributed by atoms with Gasteiger partial charge in [0.1, 0.15) is 6.54 Å². The first-order valence-electron chi connectivity index (χ1n) is 10.3. The van der Waals surface area contributed by atoms with Crippen molar-refractivity contribution in [3.05, 3.63) is 42.2 Å². The predicted octanol–water partition coefficient (Wildman–Crippen LogP) is 1.84. The molecule has 0 atom stereocenters. The summed E-state index contributed by atoms with van der Waals surface area (Å²) < 4.78 is 37.1. The zero-order valence-corrected chi connectivity index (χ0v) is 18.3. The summed E-state index contributed by atoms with van der Waals surface area (Å²) in [6, 6.07) is 9.56. The summed E-state index contributed by atoms with van der Waals surface area (Å²) in [4.78, 5) is 38.4. The van der Waals surface area contributed by atoms with Gasteiger partial charge in [-0.05, 0) is 44.0 Å². The number of amides is 2. The van der Waals surface area contributed by atoms with Crippen LogP contribution in [-0.4, -0.2) is 56.7 Å². The van der Waals surface area contributed by atoms with Gasteiger partial charge in [-0.1, -0.05) is 12.1 Å². The second kappa shape index (κ2) is 8.75. The molecule has 0 radical (unpaired) electrons. The van der Waals surface area contributed by atoms with Crippen LogP contribution in [0.5, 0.6) is 0 Å². The number of carbonyl (C=O) groups excluding carboxylic acids is 3. The van der Waals surface area contributed by atoms with E-state index in [0.717, 1.165) is 0 Å². The Kier molecular flexibility index (Phi) is 6.02. The van der Waals surface area contributed by atoms with E-state index in [2.05, 4.69) is 5.32 Å². The lowest BCUT2D eigenvalue weighted by atomic mass is 9.95. The number of esters is 1. The van der Waals surface area contributed by atoms with Crippen molar-refractivity contribution in [3.8, 4) is 0 Å². The van der Waals surface area contributed by atoms with Gasteiger partial charge in [0.25, 0.3) is 10.0 Å². The molecular weight excluding hydrogens is 438 g/mol. The van der Waals surface area contributed by atoms with Crippen molar-refractivity contribution in [2.45, 2.75) is 24.9 Å². The van der Waals surface area contributed by atoms with Crippen LogP contribution in [0.15, 0.2) is 45.9 Å². The Morgan fingerprint density at radius 2 is 1.88 bits per heavy atom. The molecule has 32 heavy (non-hydrogen) atoms. The number of rotatable bonds is 5. The second-order valence-electron chi connectivity index (χ2n) is 7.51. The van der Waals surface area contributed by atoms with Gasteiger partial charge >= 0.3 is 5.97 Å². The van der Waals surface area contributed by atoms with Crippen molar-refractivity contribution in [2.75, 3.05) is 36.5 Å². The number of fused-ring (bicyclic) bond motifs is 1. The third-order valence-corrected chi connectivity index (χ3v) is 7.26. The van der Waals surface area contributed by atoms with Gasteiger partial charge in [0, 0.05) is 19.0 Å². The zero-order chi connectivity index (χ0) is 22.9. The quantitative estimate of drug-likeness (QED) is 0.673. The van der Waals surface area contributed by atoms with Gasteiger partial charge in [0.05, 0.1) is 18.0 Å². The number of anilines is 2. The number of hydrogen-bond donors (Lipinski definition) is 1. The van der Waals surface area contributed by atoms with Crippen LogP contribution in [0.4, 0.5) is 11.4 Å². The van der Waals surface area contributed by atoms with Gasteiger partial charge in [0.2, 0.25) is 22.7 Å². The summed E-state index contributed by atoms with van der Waals surface area (Å²) in [7, 11) is -3.95. The van der Waals surface area contributed by atoms with E-state index in [4.69, 9.17) is 9.15 Å². The summed E-state index contributed by atoms with van der Waals surface area (Å²) in [5, 5.41) is 2.41. The highest BCUT2D eigenvalue weighted by Gasteiger charge is 2.37. The van der Waals surface area contributed by atoms with Gasteiger partial charge in [-0.3, -0.25) is 9.59 Å². The maximum atomic E-state index is 13.1.